The number of aromatic nitrogens is 1. The molecule has 0 saturated carbocycles. The first kappa shape index (κ1) is 42.6. The molecule has 2 aromatic heterocycles. The molecule has 10 aromatic rings. The van der Waals surface area contributed by atoms with Crippen molar-refractivity contribution >= 4 is 76.5 Å². The molecule has 0 spiro atoms. The number of para-hydroxylation sites is 3. The van der Waals surface area contributed by atoms with Crippen LogP contribution in [0.2, 0.25) is 0 Å². The number of allylic oxidation sites excluding steroid dienone is 1. The third-order valence-corrected chi connectivity index (χ3v) is 16.6. The molecule has 1 atom stereocenters. The second kappa shape index (κ2) is 15.5. The maximum atomic E-state index is 2.58. The van der Waals surface area contributed by atoms with Crippen LogP contribution in [0.4, 0.5) is 17.1 Å². The third kappa shape index (κ3) is 6.66. The van der Waals surface area contributed by atoms with Gasteiger partial charge < -0.3 is 9.47 Å². The van der Waals surface area contributed by atoms with Gasteiger partial charge in [0.15, 0.2) is 0 Å². The third-order valence-electron chi connectivity index (χ3n) is 15.4. The highest BCUT2D eigenvalue weighted by atomic mass is 32.1. The molecular weight excluding hydrogens is 865 g/mol. The average Bonchev–Trinajstić information content (AvgIpc) is 3.68. The van der Waals surface area contributed by atoms with Gasteiger partial charge in [-0.25, -0.2) is 0 Å². The first-order chi connectivity index (χ1) is 33.8. The van der Waals surface area contributed by atoms with Crippen LogP contribution in [0.5, 0.6) is 0 Å². The molecule has 3 aliphatic rings. The summed E-state index contributed by atoms with van der Waals surface area (Å²) >= 11 is 1.90. The van der Waals surface area contributed by atoms with E-state index in [1.807, 2.05) is 11.3 Å². The normalized spacial score (nSPS) is 15.3. The van der Waals surface area contributed by atoms with Crippen LogP contribution in [0.1, 0.15) is 82.7 Å². The van der Waals surface area contributed by atoms with Crippen molar-refractivity contribution in [3.63, 3.8) is 0 Å². The Morgan fingerprint density at radius 2 is 1.19 bits per heavy atom. The van der Waals surface area contributed by atoms with Gasteiger partial charge in [-0.2, -0.15) is 0 Å². The minimum atomic E-state index is -0.264. The zero-order valence-corrected chi connectivity index (χ0v) is 41.9. The monoisotopic (exact) mass is 920 g/mol. The van der Waals surface area contributed by atoms with Crippen molar-refractivity contribution in [1.82, 2.24) is 4.57 Å². The quantitative estimate of drug-likeness (QED) is 0.155. The number of benzene rings is 9. The van der Waals surface area contributed by atoms with Crippen molar-refractivity contribution in [1.29, 1.82) is 0 Å². The first-order valence-corrected chi connectivity index (χ1v) is 25.7. The fourth-order valence-corrected chi connectivity index (χ4v) is 12.8. The Morgan fingerprint density at radius 1 is 0.529 bits per heavy atom. The number of hydrogen-bond acceptors (Lipinski definition) is 2. The molecule has 0 aliphatic heterocycles. The van der Waals surface area contributed by atoms with E-state index in [-0.39, 0.29) is 16.2 Å². The predicted molar refractivity (Wildman–Crippen MR) is 302 cm³/mol. The number of thiophene rings is 1. The summed E-state index contributed by atoms with van der Waals surface area (Å²) in [6, 6.07) is 71.0. The van der Waals surface area contributed by atoms with Crippen LogP contribution in [-0.2, 0) is 16.2 Å². The van der Waals surface area contributed by atoms with Gasteiger partial charge in [-0.05, 0) is 122 Å². The maximum absolute atomic E-state index is 2.58. The van der Waals surface area contributed by atoms with E-state index >= 15 is 0 Å². The smallest absolute Gasteiger partial charge is 0.0640 e. The molecule has 0 amide bonds. The Labute approximate surface area is 415 Å². The molecule has 0 saturated heterocycles. The largest absolute Gasteiger partial charge is 0.309 e. The second-order valence-corrected chi connectivity index (χ2v) is 23.0. The zero-order chi connectivity index (χ0) is 47.7. The molecular formula is C67H56N2S. The lowest BCUT2D eigenvalue weighted by atomic mass is 9.65. The predicted octanol–water partition coefficient (Wildman–Crippen LogP) is 19.3. The lowest BCUT2D eigenvalue weighted by molar-refractivity contribution is 0.544. The fraction of sp³-hybridized carbons (Fsp3) is 0.164. The summed E-state index contributed by atoms with van der Waals surface area (Å²) in [6.45, 7) is 16.6. The summed E-state index contributed by atoms with van der Waals surface area (Å²) in [7, 11) is 0. The second-order valence-electron chi connectivity index (χ2n) is 21.9. The van der Waals surface area contributed by atoms with Crippen molar-refractivity contribution in [2.75, 3.05) is 4.90 Å². The summed E-state index contributed by atoms with van der Waals surface area (Å²) in [6.07, 6.45) is 5.71. The highest BCUT2D eigenvalue weighted by molar-refractivity contribution is 7.26. The molecule has 340 valence electrons. The number of rotatable bonds is 7. The highest BCUT2D eigenvalue weighted by Gasteiger charge is 2.39. The van der Waals surface area contributed by atoms with Crippen molar-refractivity contribution in [2.24, 2.45) is 0 Å². The van der Waals surface area contributed by atoms with Crippen LogP contribution >= 0.6 is 11.3 Å². The van der Waals surface area contributed by atoms with E-state index in [2.05, 4.69) is 258 Å². The van der Waals surface area contributed by atoms with Crippen LogP contribution in [0.15, 0.2) is 194 Å². The van der Waals surface area contributed by atoms with E-state index in [4.69, 9.17) is 0 Å². The lowest BCUT2D eigenvalue weighted by Gasteiger charge is -2.38. The first-order valence-electron chi connectivity index (χ1n) is 24.9. The van der Waals surface area contributed by atoms with Gasteiger partial charge in [0.1, 0.15) is 0 Å². The van der Waals surface area contributed by atoms with E-state index in [1.54, 1.807) is 0 Å². The number of anilines is 3. The molecule has 2 heterocycles. The minimum absolute atomic E-state index is 0.00845. The summed E-state index contributed by atoms with van der Waals surface area (Å²) in [5.41, 5.74) is 21.5. The Kier molecular flexibility index (Phi) is 9.45. The van der Waals surface area contributed by atoms with Crippen molar-refractivity contribution < 1.29 is 0 Å². The summed E-state index contributed by atoms with van der Waals surface area (Å²) < 4.78 is 5.04. The van der Waals surface area contributed by atoms with Gasteiger partial charge >= 0.3 is 0 Å². The maximum Gasteiger partial charge on any atom is 0.0640 e. The topological polar surface area (TPSA) is 8.17 Å². The van der Waals surface area contributed by atoms with Gasteiger partial charge in [0, 0.05) is 54.2 Å². The van der Waals surface area contributed by atoms with Crippen molar-refractivity contribution in [3.05, 3.63) is 222 Å². The average molecular weight is 921 g/mol. The van der Waals surface area contributed by atoms with Crippen molar-refractivity contribution in [3.8, 4) is 39.1 Å². The molecule has 0 bridgehead atoms. The van der Waals surface area contributed by atoms with Crippen LogP contribution in [0, 0.1) is 0 Å². The van der Waals surface area contributed by atoms with E-state index in [1.165, 1.54) is 115 Å². The highest BCUT2D eigenvalue weighted by Crippen LogP contribution is 2.59. The molecule has 2 nitrogen and oxygen atoms in total. The van der Waals surface area contributed by atoms with Gasteiger partial charge in [-0.3, -0.25) is 0 Å². The summed E-state index contributed by atoms with van der Waals surface area (Å²) in [5.74, 6) is 0. The molecule has 70 heavy (non-hydrogen) atoms. The van der Waals surface area contributed by atoms with Crippen LogP contribution in [0.3, 0.4) is 0 Å². The van der Waals surface area contributed by atoms with E-state index < -0.39 is 0 Å². The van der Waals surface area contributed by atoms with Crippen LogP contribution in [-0.4, -0.2) is 4.57 Å². The Hall–Kier alpha value is -7.46. The lowest BCUT2D eigenvalue weighted by Crippen LogP contribution is -2.29. The molecule has 1 unspecified atom stereocenters. The molecule has 0 fully saturated rings. The fourth-order valence-electron chi connectivity index (χ4n) is 11.6. The minimum Gasteiger partial charge on any atom is -0.309 e. The van der Waals surface area contributed by atoms with Gasteiger partial charge in [0.25, 0.3) is 0 Å². The molecule has 3 heteroatoms. The SMILES string of the molecule is CC(C)(C)c1cc(C(C)(C)C)cc(C2(C)CC=Cc3cccc(-c4c5cc-5cc4N(c4ccc(-c5cccc6c7ccccc7n(-c7ccccc7)c56)cc4)c4cccc5c4sc4ccccc45)c32)c1. The molecule has 0 radical (unpaired) electrons. The van der Waals surface area contributed by atoms with E-state index in [9.17, 15) is 0 Å². The van der Waals surface area contributed by atoms with Crippen molar-refractivity contribution in [2.45, 2.75) is 71.1 Å². The van der Waals surface area contributed by atoms with Gasteiger partial charge in [0.05, 0.1) is 27.1 Å². The number of nitrogens with zero attached hydrogens (tertiary/aromatic N) is 2. The summed E-state index contributed by atoms with van der Waals surface area (Å²) in [4.78, 5) is 2.58. The molecule has 8 aromatic carbocycles. The molecule has 3 aliphatic carbocycles. The van der Waals surface area contributed by atoms with Crippen LogP contribution in [0.25, 0.3) is 87.1 Å². The van der Waals surface area contributed by atoms with Gasteiger partial charge in [-0.1, -0.05) is 194 Å². The van der Waals surface area contributed by atoms with Gasteiger partial charge in [0.2, 0.25) is 0 Å². The molecule has 13 rings (SSSR count). The Balaban J connectivity index is 1.02. The van der Waals surface area contributed by atoms with E-state index in [0.717, 1.165) is 17.8 Å². The molecule has 0 N–H and O–H groups in total. The Bertz CT molecular complexity index is 3910. The zero-order valence-electron chi connectivity index (χ0n) is 41.1. The van der Waals surface area contributed by atoms with Gasteiger partial charge in [-0.15, -0.1) is 11.3 Å². The number of hydrogen-bond donors (Lipinski definition) is 0. The number of fused-ring (bicyclic) bond motifs is 8. The Morgan fingerprint density at radius 3 is 1.96 bits per heavy atom. The van der Waals surface area contributed by atoms with Crippen LogP contribution < -0.4 is 4.90 Å². The standard InChI is InChI=1S/C67H56N2S/c1-65(2,3)45-39-46(66(4,5)6)41-47(40-45)67(7)36-18-20-43-19-15-28-55(62(43)67)61-56-37-44(56)38-59(61)68(58-30-17-27-54-52-24-12-14-31-60(52)70-64(54)58)49-34-32-42(33-35-49)50-25-16-26-53-51-23-11-13-29-57(51)69(63(50)53)48-21-9-8-10-22-48/h8-35,37-41H,36H2,1-7H3. The van der Waals surface area contributed by atoms with E-state index in [0.29, 0.717) is 0 Å². The summed E-state index contributed by atoms with van der Waals surface area (Å²) in [5, 5.41) is 5.11.